The number of nitriles is 1. The number of hydrogen-bond donors (Lipinski definition) is 1. The maximum atomic E-state index is 12.0. The number of sulfonamides is 1. The van der Waals surface area contributed by atoms with E-state index in [0.717, 1.165) is 10.7 Å². The lowest BCUT2D eigenvalue weighted by Gasteiger charge is -2.31. The normalized spacial score (nSPS) is 21.4. The van der Waals surface area contributed by atoms with E-state index in [4.69, 9.17) is 10.4 Å². The fourth-order valence-corrected chi connectivity index (χ4v) is 3.88. The third-order valence-electron chi connectivity index (χ3n) is 3.04. The molecule has 18 heavy (non-hydrogen) atoms. The van der Waals surface area contributed by atoms with Gasteiger partial charge in [-0.25, -0.2) is 8.42 Å². The fraction of sp³-hybridized carbons (Fsp3) is 0.818. The molecule has 6 nitrogen and oxygen atoms in total. The molecule has 1 N–H and O–H groups in total. The molecule has 0 aliphatic carbocycles. The first-order valence-corrected chi connectivity index (χ1v) is 7.69. The molecule has 0 aromatic carbocycles. The number of carbonyl (C=O) groups is 1. The molecule has 0 spiro atoms. The smallest absolute Gasteiger partial charge is 0.322 e. The van der Waals surface area contributed by atoms with Crippen molar-refractivity contribution < 1.29 is 18.3 Å². The molecule has 0 amide bonds. The van der Waals surface area contributed by atoms with Crippen LogP contribution >= 0.6 is 0 Å². The SMILES string of the molecule is N#CCCCCS(=O)(=O)N1CCCCC1C(=O)O. The minimum atomic E-state index is -3.51. The van der Waals surface area contributed by atoms with Crippen LogP contribution in [0.3, 0.4) is 0 Å². The van der Waals surface area contributed by atoms with Gasteiger partial charge in [0.25, 0.3) is 0 Å². The third kappa shape index (κ3) is 3.96. The Labute approximate surface area is 107 Å². The monoisotopic (exact) mass is 274 g/mol. The second-order valence-corrected chi connectivity index (χ2v) is 6.43. The van der Waals surface area contributed by atoms with Crippen molar-refractivity contribution in [2.75, 3.05) is 12.3 Å². The molecule has 1 unspecified atom stereocenters. The zero-order valence-electron chi connectivity index (χ0n) is 10.2. The highest BCUT2D eigenvalue weighted by Gasteiger charge is 2.36. The summed E-state index contributed by atoms with van der Waals surface area (Å²) < 4.78 is 25.2. The highest BCUT2D eigenvalue weighted by molar-refractivity contribution is 7.89. The van der Waals surface area contributed by atoms with Gasteiger partial charge in [-0.3, -0.25) is 4.79 Å². The third-order valence-corrected chi connectivity index (χ3v) is 4.99. The molecule has 1 rings (SSSR count). The van der Waals surface area contributed by atoms with Gasteiger partial charge in [-0.1, -0.05) is 0 Å². The second-order valence-electron chi connectivity index (χ2n) is 4.39. The summed E-state index contributed by atoms with van der Waals surface area (Å²) in [7, 11) is -3.51. The zero-order chi connectivity index (χ0) is 13.6. The lowest BCUT2D eigenvalue weighted by Crippen LogP contribution is -2.48. The lowest BCUT2D eigenvalue weighted by molar-refractivity contribution is -0.142. The summed E-state index contributed by atoms with van der Waals surface area (Å²) in [6, 6.07) is 1.04. The van der Waals surface area contributed by atoms with Gasteiger partial charge in [0.1, 0.15) is 6.04 Å². The van der Waals surface area contributed by atoms with E-state index in [0.29, 0.717) is 32.1 Å². The van der Waals surface area contributed by atoms with Crippen LogP contribution in [0.15, 0.2) is 0 Å². The Bertz CT molecular complexity index is 427. The van der Waals surface area contributed by atoms with Gasteiger partial charge >= 0.3 is 5.97 Å². The Morgan fingerprint density at radius 3 is 2.72 bits per heavy atom. The molecule has 1 aliphatic heterocycles. The summed E-state index contributed by atoms with van der Waals surface area (Å²) in [6.07, 6.45) is 3.10. The number of carboxylic acids is 1. The Morgan fingerprint density at radius 1 is 1.39 bits per heavy atom. The van der Waals surface area contributed by atoms with Crippen molar-refractivity contribution in [2.45, 2.75) is 44.6 Å². The molecule has 7 heteroatoms. The molecule has 0 saturated carbocycles. The molecule has 1 aliphatic rings. The predicted molar refractivity (Wildman–Crippen MR) is 65.2 cm³/mol. The van der Waals surface area contributed by atoms with Gasteiger partial charge in [0.15, 0.2) is 0 Å². The van der Waals surface area contributed by atoms with E-state index < -0.39 is 22.0 Å². The van der Waals surface area contributed by atoms with Crippen LogP contribution in [0, 0.1) is 11.3 Å². The molecule has 1 fully saturated rings. The average Bonchev–Trinajstić information content (AvgIpc) is 2.35. The summed E-state index contributed by atoms with van der Waals surface area (Å²) in [5.41, 5.74) is 0. The molecule has 1 atom stereocenters. The minimum absolute atomic E-state index is 0.0710. The van der Waals surface area contributed by atoms with E-state index in [1.54, 1.807) is 0 Å². The molecule has 1 saturated heterocycles. The van der Waals surface area contributed by atoms with E-state index in [2.05, 4.69) is 0 Å². The van der Waals surface area contributed by atoms with Crippen molar-refractivity contribution in [3.8, 4) is 6.07 Å². The van der Waals surface area contributed by atoms with Crippen LogP contribution < -0.4 is 0 Å². The Morgan fingerprint density at radius 2 is 2.11 bits per heavy atom. The first kappa shape index (κ1) is 14.9. The standard InChI is InChI=1S/C11H18N2O4S/c12-7-3-1-5-9-18(16,17)13-8-4-2-6-10(13)11(14)15/h10H,1-6,8-9H2,(H,14,15). The van der Waals surface area contributed by atoms with Gasteiger partial charge < -0.3 is 5.11 Å². The highest BCUT2D eigenvalue weighted by atomic mass is 32.2. The zero-order valence-corrected chi connectivity index (χ0v) is 11.0. The topological polar surface area (TPSA) is 98.5 Å². The van der Waals surface area contributed by atoms with Crippen molar-refractivity contribution in [3.05, 3.63) is 0 Å². The second kappa shape index (κ2) is 6.71. The number of rotatable bonds is 6. The predicted octanol–water partition coefficient (Wildman–Crippen LogP) is 0.949. The van der Waals surface area contributed by atoms with Gasteiger partial charge in [-0.2, -0.15) is 9.57 Å². The van der Waals surface area contributed by atoms with Crippen LogP contribution in [0.5, 0.6) is 0 Å². The molecular formula is C11H18N2O4S. The number of aliphatic carboxylic acids is 1. The maximum absolute atomic E-state index is 12.0. The molecule has 0 aromatic rings. The first-order chi connectivity index (χ1) is 8.49. The van der Waals surface area contributed by atoms with E-state index >= 15 is 0 Å². The van der Waals surface area contributed by atoms with Crippen LogP contribution in [0.4, 0.5) is 0 Å². The van der Waals surface area contributed by atoms with Gasteiger partial charge in [0.2, 0.25) is 10.0 Å². The van der Waals surface area contributed by atoms with Crippen molar-refractivity contribution in [2.24, 2.45) is 0 Å². The van der Waals surface area contributed by atoms with Gasteiger partial charge in [0.05, 0.1) is 11.8 Å². The van der Waals surface area contributed by atoms with Crippen LogP contribution in [-0.4, -0.2) is 42.1 Å². The molecule has 1 heterocycles. The number of piperidine rings is 1. The largest absolute Gasteiger partial charge is 0.480 e. The highest BCUT2D eigenvalue weighted by Crippen LogP contribution is 2.21. The summed E-state index contributed by atoms with van der Waals surface area (Å²) in [5.74, 6) is -1.14. The lowest BCUT2D eigenvalue weighted by atomic mass is 10.1. The van der Waals surface area contributed by atoms with Crippen molar-refractivity contribution >= 4 is 16.0 Å². The number of nitrogens with zero attached hydrogens (tertiary/aromatic N) is 2. The molecule has 0 radical (unpaired) electrons. The summed E-state index contributed by atoms with van der Waals surface area (Å²) in [4.78, 5) is 11.0. The van der Waals surface area contributed by atoms with E-state index in [1.807, 2.05) is 6.07 Å². The Kier molecular flexibility index (Phi) is 5.56. The van der Waals surface area contributed by atoms with Crippen LogP contribution in [0.2, 0.25) is 0 Å². The number of unbranched alkanes of at least 4 members (excludes halogenated alkanes) is 2. The summed E-state index contributed by atoms with van der Waals surface area (Å²) >= 11 is 0. The number of hydrogen-bond acceptors (Lipinski definition) is 4. The minimum Gasteiger partial charge on any atom is -0.480 e. The summed E-state index contributed by atoms with van der Waals surface area (Å²) in [6.45, 7) is 0.289. The van der Waals surface area contributed by atoms with Crippen LogP contribution in [-0.2, 0) is 14.8 Å². The fourth-order valence-electron chi connectivity index (χ4n) is 2.09. The van der Waals surface area contributed by atoms with Gasteiger partial charge in [-0.05, 0) is 32.1 Å². The van der Waals surface area contributed by atoms with Crippen molar-refractivity contribution in [1.82, 2.24) is 4.31 Å². The van der Waals surface area contributed by atoms with Crippen LogP contribution in [0.25, 0.3) is 0 Å². The molecular weight excluding hydrogens is 256 g/mol. The van der Waals surface area contributed by atoms with Gasteiger partial charge in [0, 0.05) is 13.0 Å². The van der Waals surface area contributed by atoms with Crippen molar-refractivity contribution in [3.63, 3.8) is 0 Å². The molecule has 0 aromatic heterocycles. The maximum Gasteiger partial charge on any atom is 0.322 e. The molecule has 102 valence electrons. The first-order valence-electron chi connectivity index (χ1n) is 6.08. The van der Waals surface area contributed by atoms with E-state index in [9.17, 15) is 13.2 Å². The average molecular weight is 274 g/mol. The Balaban J connectivity index is 2.64. The van der Waals surface area contributed by atoms with Gasteiger partial charge in [-0.15, -0.1) is 0 Å². The van der Waals surface area contributed by atoms with Crippen molar-refractivity contribution in [1.29, 1.82) is 5.26 Å². The number of carboxylic acid groups (broad SMARTS) is 1. The Hall–Kier alpha value is -1.13. The quantitative estimate of drug-likeness (QED) is 0.727. The van der Waals surface area contributed by atoms with E-state index in [-0.39, 0.29) is 12.3 Å². The van der Waals surface area contributed by atoms with E-state index in [1.165, 1.54) is 0 Å². The summed E-state index contributed by atoms with van der Waals surface area (Å²) in [5, 5.41) is 17.4. The molecule has 0 bridgehead atoms. The van der Waals surface area contributed by atoms with Crippen LogP contribution in [0.1, 0.15) is 38.5 Å².